The van der Waals surface area contributed by atoms with E-state index in [2.05, 4.69) is 20.9 Å². The lowest BCUT2D eigenvalue weighted by molar-refractivity contribution is -0.139. The Morgan fingerprint density at radius 1 is 1.30 bits per heavy atom. The molecule has 0 bridgehead atoms. The van der Waals surface area contributed by atoms with Crippen molar-refractivity contribution in [3.8, 4) is 5.75 Å². The number of rotatable bonds is 4. The molecule has 0 radical (unpaired) electrons. The average molecular weight is 568 g/mol. The molecular weight excluding hydrogens is 551 g/mol. The first-order valence-corrected chi connectivity index (χ1v) is 12.2. The Hall–Kier alpha value is -2.39. The van der Waals surface area contributed by atoms with Gasteiger partial charge in [0.2, 0.25) is 0 Å². The molecule has 33 heavy (non-hydrogen) atoms. The number of esters is 1. The molecule has 170 valence electrons. The second-order valence-corrected chi connectivity index (χ2v) is 9.95. The van der Waals surface area contributed by atoms with E-state index in [1.54, 1.807) is 13.8 Å². The van der Waals surface area contributed by atoms with E-state index in [0.717, 1.165) is 21.4 Å². The van der Waals surface area contributed by atoms with Gasteiger partial charge in [-0.15, -0.1) is 0 Å². The molecule has 0 unspecified atom stereocenters. The van der Waals surface area contributed by atoms with E-state index in [1.165, 1.54) is 22.8 Å². The molecule has 1 aliphatic heterocycles. The van der Waals surface area contributed by atoms with Crippen LogP contribution in [-0.4, -0.2) is 22.2 Å². The number of thiazole rings is 1. The van der Waals surface area contributed by atoms with Crippen molar-refractivity contribution < 1.29 is 14.6 Å². The second kappa shape index (κ2) is 9.46. The molecule has 0 saturated heterocycles. The van der Waals surface area contributed by atoms with Gasteiger partial charge >= 0.3 is 5.97 Å². The predicted molar refractivity (Wildman–Crippen MR) is 133 cm³/mol. The molecule has 4 rings (SSSR count). The molecule has 3 aromatic rings. The first-order valence-electron chi connectivity index (χ1n) is 9.84. The van der Waals surface area contributed by atoms with Gasteiger partial charge in [0.25, 0.3) is 5.56 Å². The highest BCUT2D eigenvalue weighted by Crippen LogP contribution is 2.33. The lowest BCUT2D eigenvalue weighted by Crippen LogP contribution is -2.39. The van der Waals surface area contributed by atoms with E-state index in [0.29, 0.717) is 31.2 Å². The molecule has 6 nitrogen and oxygen atoms in total. The Morgan fingerprint density at radius 3 is 2.67 bits per heavy atom. The number of benzene rings is 2. The number of phenolic OH excluding ortho intramolecular Hbond substituents is 1. The Kier molecular flexibility index (Phi) is 6.81. The van der Waals surface area contributed by atoms with E-state index in [4.69, 9.17) is 27.9 Å². The molecule has 2 aromatic carbocycles. The molecule has 1 aliphatic rings. The maximum Gasteiger partial charge on any atom is 0.338 e. The van der Waals surface area contributed by atoms with Crippen molar-refractivity contribution in [3.63, 3.8) is 0 Å². The van der Waals surface area contributed by atoms with Gasteiger partial charge in [-0.1, -0.05) is 62.6 Å². The van der Waals surface area contributed by atoms with Gasteiger partial charge in [0.05, 0.1) is 33.5 Å². The van der Waals surface area contributed by atoms with Crippen molar-refractivity contribution >= 4 is 62.5 Å². The SMILES string of the molecule is CCOC(=O)C1=C(C)N=c2s/c(=C\c3cc(Cl)cc(Cl)c3O)c(=O)n2[C@@H]1c1ccc(Br)cc1. The number of nitrogens with zero attached hydrogens (tertiary/aromatic N) is 2. The van der Waals surface area contributed by atoms with Crippen LogP contribution in [0.1, 0.15) is 31.0 Å². The van der Waals surface area contributed by atoms with Crippen LogP contribution in [0.5, 0.6) is 5.75 Å². The van der Waals surface area contributed by atoms with Crippen LogP contribution in [-0.2, 0) is 9.53 Å². The highest BCUT2D eigenvalue weighted by Gasteiger charge is 2.33. The highest BCUT2D eigenvalue weighted by molar-refractivity contribution is 9.10. The third kappa shape index (κ3) is 4.53. The number of hydrogen-bond acceptors (Lipinski definition) is 6. The number of hydrogen-bond donors (Lipinski definition) is 1. The lowest BCUT2D eigenvalue weighted by Gasteiger charge is -2.24. The van der Waals surface area contributed by atoms with Crippen molar-refractivity contribution in [1.29, 1.82) is 0 Å². The molecule has 1 aromatic heterocycles. The fourth-order valence-corrected chi connectivity index (χ4v) is 5.40. The third-order valence-electron chi connectivity index (χ3n) is 5.05. The summed E-state index contributed by atoms with van der Waals surface area (Å²) < 4.78 is 7.93. The normalized spacial score (nSPS) is 15.9. The van der Waals surface area contributed by atoms with E-state index >= 15 is 0 Å². The fourth-order valence-electron chi connectivity index (χ4n) is 3.59. The molecule has 10 heteroatoms. The van der Waals surface area contributed by atoms with E-state index in [9.17, 15) is 14.7 Å². The lowest BCUT2D eigenvalue weighted by atomic mass is 9.96. The summed E-state index contributed by atoms with van der Waals surface area (Å²) >= 11 is 16.7. The summed E-state index contributed by atoms with van der Waals surface area (Å²) in [6.07, 6.45) is 1.51. The van der Waals surface area contributed by atoms with E-state index < -0.39 is 12.0 Å². The largest absolute Gasteiger partial charge is 0.506 e. The minimum Gasteiger partial charge on any atom is -0.506 e. The number of ether oxygens (including phenoxy) is 1. The molecule has 0 aliphatic carbocycles. The van der Waals surface area contributed by atoms with Crippen molar-refractivity contribution in [2.45, 2.75) is 19.9 Å². The standard InChI is InChI=1S/C23H17BrCl2N2O4S/c1-3-32-22(31)18-11(2)27-23-28(19(18)12-4-6-14(24)7-5-12)21(30)17(33-23)9-13-8-15(25)10-16(26)20(13)29/h4-10,19,29H,3H2,1-2H3/b17-9-/t19-/m1/s1. The van der Waals surface area contributed by atoms with Crippen molar-refractivity contribution in [2.75, 3.05) is 6.61 Å². The monoisotopic (exact) mass is 566 g/mol. The summed E-state index contributed by atoms with van der Waals surface area (Å²) in [4.78, 5) is 31.3. The van der Waals surface area contributed by atoms with Gasteiger partial charge in [-0.3, -0.25) is 9.36 Å². The van der Waals surface area contributed by atoms with Crippen LogP contribution < -0.4 is 14.9 Å². The van der Waals surface area contributed by atoms with Gasteiger partial charge in [-0.25, -0.2) is 9.79 Å². The summed E-state index contributed by atoms with van der Waals surface area (Å²) in [6.45, 7) is 3.64. The number of phenols is 1. The number of allylic oxidation sites excluding steroid dienone is 1. The van der Waals surface area contributed by atoms with Gasteiger partial charge < -0.3 is 9.84 Å². The number of aromatic hydroxyl groups is 1. The van der Waals surface area contributed by atoms with Gasteiger partial charge in [-0.2, -0.15) is 0 Å². The first kappa shape index (κ1) is 23.8. The summed E-state index contributed by atoms with van der Waals surface area (Å²) in [7, 11) is 0. The Bertz CT molecular complexity index is 1480. The van der Waals surface area contributed by atoms with Gasteiger partial charge in [0.15, 0.2) is 4.80 Å². The van der Waals surface area contributed by atoms with Gasteiger partial charge in [0.1, 0.15) is 5.75 Å². The first-order chi connectivity index (χ1) is 15.7. The number of carbonyl (C=O) groups is 1. The minimum absolute atomic E-state index is 0.0784. The topological polar surface area (TPSA) is 80.9 Å². The zero-order valence-electron chi connectivity index (χ0n) is 17.4. The number of fused-ring (bicyclic) bond motifs is 1. The summed E-state index contributed by atoms with van der Waals surface area (Å²) in [5.74, 6) is -0.708. The highest BCUT2D eigenvalue weighted by atomic mass is 79.9. The van der Waals surface area contributed by atoms with Crippen molar-refractivity contribution in [2.24, 2.45) is 4.99 Å². The fraction of sp³-hybridized carbons (Fsp3) is 0.174. The van der Waals surface area contributed by atoms with Crippen LogP contribution in [0.4, 0.5) is 0 Å². The maximum atomic E-state index is 13.5. The van der Waals surface area contributed by atoms with Gasteiger partial charge in [-0.05, 0) is 49.8 Å². The summed E-state index contributed by atoms with van der Waals surface area (Å²) in [5.41, 5.74) is 1.45. The summed E-state index contributed by atoms with van der Waals surface area (Å²) in [6, 6.07) is 9.58. The minimum atomic E-state index is -0.716. The molecule has 0 amide bonds. The van der Waals surface area contributed by atoms with Crippen LogP contribution in [0.15, 0.2) is 61.9 Å². The van der Waals surface area contributed by atoms with Crippen molar-refractivity contribution in [3.05, 3.63) is 93.0 Å². The zero-order chi connectivity index (χ0) is 23.9. The molecule has 1 atom stereocenters. The van der Waals surface area contributed by atoms with Gasteiger partial charge in [0, 0.05) is 15.1 Å². The zero-order valence-corrected chi connectivity index (χ0v) is 21.3. The molecular formula is C23H17BrCl2N2O4S. The third-order valence-corrected chi connectivity index (χ3v) is 7.06. The van der Waals surface area contributed by atoms with Crippen molar-refractivity contribution in [1.82, 2.24) is 4.57 Å². The Morgan fingerprint density at radius 2 is 2.00 bits per heavy atom. The van der Waals surface area contributed by atoms with Crippen LogP contribution in [0, 0.1) is 0 Å². The van der Waals surface area contributed by atoms with Crippen LogP contribution in [0.3, 0.4) is 0 Å². The van der Waals surface area contributed by atoms with E-state index in [1.807, 2.05) is 24.3 Å². The number of halogens is 3. The summed E-state index contributed by atoms with van der Waals surface area (Å²) in [5, 5.41) is 10.7. The predicted octanol–water partition coefficient (Wildman–Crippen LogP) is 4.57. The Labute approximate surface area is 211 Å². The Balaban J connectivity index is 1.98. The van der Waals surface area contributed by atoms with E-state index in [-0.39, 0.29) is 22.9 Å². The second-order valence-electron chi connectivity index (χ2n) is 7.18. The maximum absolute atomic E-state index is 13.5. The smallest absolute Gasteiger partial charge is 0.338 e. The quantitative estimate of drug-likeness (QED) is 0.468. The molecule has 1 N–H and O–H groups in total. The average Bonchev–Trinajstić information content (AvgIpc) is 3.06. The molecule has 2 heterocycles. The number of carbonyl (C=O) groups excluding carboxylic acids is 1. The molecule has 0 saturated carbocycles. The molecule has 0 fully saturated rings. The van der Waals surface area contributed by atoms with Crippen LogP contribution >= 0.6 is 50.5 Å². The molecule has 0 spiro atoms. The van der Waals surface area contributed by atoms with Crippen LogP contribution in [0.25, 0.3) is 6.08 Å². The number of aromatic nitrogens is 1. The van der Waals surface area contributed by atoms with Crippen LogP contribution in [0.2, 0.25) is 10.0 Å².